The molecule has 1 N–H and O–H groups in total. The van der Waals surface area contributed by atoms with Gasteiger partial charge in [0.25, 0.3) is 5.91 Å². The van der Waals surface area contributed by atoms with Gasteiger partial charge in [-0.05, 0) is 44.0 Å². The lowest BCUT2D eigenvalue weighted by Gasteiger charge is -2.35. The van der Waals surface area contributed by atoms with E-state index in [0.717, 1.165) is 24.3 Å². The van der Waals surface area contributed by atoms with Crippen LogP contribution < -0.4 is 5.32 Å². The van der Waals surface area contributed by atoms with Crippen LogP contribution in [0, 0.1) is 11.3 Å². The summed E-state index contributed by atoms with van der Waals surface area (Å²) in [5.41, 5.74) is -1.14. The molecule has 1 aromatic carbocycles. The highest BCUT2D eigenvalue weighted by molar-refractivity contribution is 5.95. The number of piperidine rings is 1. The average Bonchev–Trinajstić information content (AvgIpc) is 2.66. The molecule has 30 heavy (non-hydrogen) atoms. The number of nitrogens with zero attached hydrogens (tertiary/aromatic N) is 1. The van der Waals surface area contributed by atoms with Gasteiger partial charge in [-0.15, -0.1) is 0 Å². The number of anilines is 1. The Labute approximate surface area is 173 Å². The molecule has 0 bridgehead atoms. The molecule has 0 aromatic heterocycles. The van der Waals surface area contributed by atoms with Crippen LogP contribution in [0.25, 0.3) is 0 Å². The molecule has 2 rings (SSSR count). The number of hydrogen-bond donors (Lipinski definition) is 1. The van der Waals surface area contributed by atoms with Gasteiger partial charge < -0.3 is 15.0 Å². The van der Waals surface area contributed by atoms with Gasteiger partial charge in [0.15, 0.2) is 6.10 Å². The van der Waals surface area contributed by atoms with Gasteiger partial charge in [-0.25, -0.2) is 0 Å². The van der Waals surface area contributed by atoms with Crippen LogP contribution >= 0.6 is 0 Å². The van der Waals surface area contributed by atoms with E-state index >= 15 is 0 Å². The van der Waals surface area contributed by atoms with Crippen LogP contribution in [0.15, 0.2) is 24.3 Å². The van der Waals surface area contributed by atoms with Crippen molar-refractivity contribution in [3.05, 3.63) is 29.8 Å². The fourth-order valence-electron chi connectivity index (χ4n) is 3.10. The van der Waals surface area contributed by atoms with Crippen LogP contribution in [0.4, 0.5) is 18.9 Å². The number of nitrogens with one attached hydrogen (secondary N) is 1. The predicted molar refractivity (Wildman–Crippen MR) is 104 cm³/mol. The number of rotatable bonds is 4. The quantitative estimate of drug-likeness (QED) is 0.739. The lowest BCUT2D eigenvalue weighted by Crippen LogP contribution is -2.45. The summed E-state index contributed by atoms with van der Waals surface area (Å²) in [5.74, 6) is -1.54. The Morgan fingerprint density at radius 3 is 2.07 bits per heavy atom. The van der Waals surface area contributed by atoms with E-state index in [1.165, 1.54) is 6.92 Å². The molecule has 1 aliphatic rings. The Balaban J connectivity index is 1.84. The van der Waals surface area contributed by atoms with E-state index in [1.807, 2.05) is 20.8 Å². The van der Waals surface area contributed by atoms with Crippen LogP contribution in [0.1, 0.15) is 46.1 Å². The summed E-state index contributed by atoms with van der Waals surface area (Å²) in [6, 6.07) is 3.99. The minimum atomic E-state index is -4.46. The summed E-state index contributed by atoms with van der Waals surface area (Å²) >= 11 is 0. The van der Waals surface area contributed by atoms with Crippen molar-refractivity contribution in [2.24, 2.45) is 11.3 Å². The number of benzene rings is 1. The van der Waals surface area contributed by atoms with E-state index in [9.17, 15) is 27.6 Å². The van der Waals surface area contributed by atoms with Crippen LogP contribution in [-0.2, 0) is 25.3 Å². The molecule has 0 saturated carbocycles. The number of carbonyl (C=O) groups is 3. The van der Waals surface area contributed by atoms with Crippen LogP contribution in [0.5, 0.6) is 0 Å². The zero-order valence-corrected chi connectivity index (χ0v) is 17.5. The average molecular weight is 428 g/mol. The second-order valence-electron chi connectivity index (χ2n) is 8.46. The number of halogens is 3. The Hall–Kier alpha value is -2.58. The third kappa shape index (κ3) is 6.21. The van der Waals surface area contributed by atoms with E-state index in [1.54, 1.807) is 4.90 Å². The molecule has 1 aromatic rings. The third-order valence-corrected chi connectivity index (χ3v) is 4.90. The highest BCUT2D eigenvalue weighted by Crippen LogP contribution is 2.30. The summed E-state index contributed by atoms with van der Waals surface area (Å²) in [7, 11) is 0. The minimum absolute atomic E-state index is 0.0265. The number of carbonyl (C=O) groups excluding carboxylic acids is 3. The van der Waals surface area contributed by atoms with Gasteiger partial charge in [0.1, 0.15) is 0 Å². The van der Waals surface area contributed by atoms with Gasteiger partial charge in [0.05, 0.1) is 11.5 Å². The predicted octanol–water partition coefficient (Wildman–Crippen LogP) is 3.86. The number of amides is 2. The molecule has 166 valence electrons. The molecule has 1 fully saturated rings. The normalized spacial score (nSPS) is 16.7. The Kier molecular flexibility index (Phi) is 7.15. The largest absolute Gasteiger partial charge is 0.452 e. The topological polar surface area (TPSA) is 75.7 Å². The van der Waals surface area contributed by atoms with Crippen molar-refractivity contribution >= 4 is 23.5 Å². The first kappa shape index (κ1) is 23.7. The lowest BCUT2D eigenvalue weighted by molar-refractivity contribution is -0.160. The first-order valence-electron chi connectivity index (χ1n) is 9.77. The van der Waals surface area contributed by atoms with Crippen LogP contribution in [0.3, 0.4) is 0 Å². The van der Waals surface area contributed by atoms with E-state index in [2.05, 4.69) is 5.32 Å². The van der Waals surface area contributed by atoms with Gasteiger partial charge in [0.2, 0.25) is 5.91 Å². The summed E-state index contributed by atoms with van der Waals surface area (Å²) in [6.45, 7) is 7.81. The van der Waals surface area contributed by atoms with Crippen molar-refractivity contribution in [3.8, 4) is 0 Å². The first-order valence-corrected chi connectivity index (χ1v) is 9.77. The highest BCUT2D eigenvalue weighted by atomic mass is 19.4. The van der Waals surface area contributed by atoms with Gasteiger partial charge in [0, 0.05) is 24.2 Å². The van der Waals surface area contributed by atoms with Crippen molar-refractivity contribution in [1.29, 1.82) is 0 Å². The molecule has 2 amide bonds. The lowest BCUT2D eigenvalue weighted by atomic mass is 9.91. The molecule has 1 aliphatic heterocycles. The van der Waals surface area contributed by atoms with E-state index < -0.39 is 41.1 Å². The minimum Gasteiger partial charge on any atom is -0.452 e. The number of hydrogen-bond acceptors (Lipinski definition) is 4. The fraction of sp³-hybridized carbons (Fsp3) is 0.571. The van der Waals surface area contributed by atoms with Crippen LogP contribution in [0.2, 0.25) is 0 Å². The molecule has 0 radical (unpaired) electrons. The zero-order chi connectivity index (χ0) is 22.7. The van der Waals surface area contributed by atoms with Crippen molar-refractivity contribution in [2.45, 2.75) is 52.8 Å². The maximum Gasteiger partial charge on any atom is 0.416 e. The Morgan fingerprint density at radius 1 is 1.07 bits per heavy atom. The maximum atomic E-state index is 12.6. The molecule has 1 saturated heterocycles. The van der Waals surface area contributed by atoms with Gasteiger partial charge in [-0.2, -0.15) is 13.2 Å². The molecule has 1 atom stereocenters. The summed E-state index contributed by atoms with van der Waals surface area (Å²) in [4.78, 5) is 38.6. The molecule has 1 heterocycles. The SMILES string of the molecule is CC(OC(=O)C1CCN(C(=O)C(C)(C)C)CC1)C(=O)Nc1ccc(C(F)(F)F)cc1. The third-order valence-electron chi connectivity index (χ3n) is 4.90. The van der Waals surface area contributed by atoms with Gasteiger partial charge in [-0.1, -0.05) is 20.8 Å². The maximum absolute atomic E-state index is 12.6. The Bertz CT molecular complexity index is 777. The van der Waals surface area contributed by atoms with Gasteiger partial charge >= 0.3 is 12.1 Å². The smallest absolute Gasteiger partial charge is 0.416 e. The summed E-state index contributed by atoms with van der Waals surface area (Å²) in [5, 5.41) is 2.43. The molecule has 6 nitrogen and oxygen atoms in total. The van der Waals surface area contributed by atoms with E-state index in [-0.39, 0.29) is 11.6 Å². The molecular formula is C21H27F3N2O4. The van der Waals surface area contributed by atoms with E-state index in [0.29, 0.717) is 25.9 Å². The molecule has 9 heteroatoms. The second-order valence-corrected chi connectivity index (χ2v) is 8.46. The fourth-order valence-corrected chi connectivity index (χ4v) is 3.10. The number of ether oxygens (including phenoxy) is 1. The zero-order valence-electron chi connectivity index (χ0n) is 17.5. The summed E-state index contributed by atoms with van der Waals surface area (Å²) in [6.07, 6.45) is -4.66. The first-order chi connectivity index (χ1) is 13.8. The van der Waals surface area contributed by atoms with Crippen LogP contribution in [-0.4, -0.2) is 41.9 Å². The number of esters is 1. The summed E-state index contributed by atoms with van der Waals surface area (Å²) < 4.78 is 43.0. The standard InChI is InChI=1S/C21H27F3N2O4/c1-13(17(27)25-16-7-5-15(6-8-16)21(22,23)24)30-18(28)14-9-11-26(12-10-14)19(29)20(2,3)4/h5-8,13-14H,9-12H2,1-4H3,(H,25,27). The molecular weight excluding hydrogens is 401 g/mol. The van der Waals surface area contributed by atoms with Crippen molar-refractivity contribution in [2.75, 3.05) is 18.4 Å². The second kappa shape index (κ2) is 9.06. The van der Waals surface area contributed by atoms with Crippen molar-refractivity contribution < 1.29 is 32.3 Å². The highest BCUT2D eigenvalue weighted by Gasteiger charge is 2.34. The van der Waals surface area contributed by atoms with Crippen molar-refractivity contribution in [3.63, 3.8) is 0 Å². The molecule has 0 aliphatic carbocycles. The number of alkyl halides is 3. The van der Waals surface area contributed by atoms with E-state index in [4.69, 9.17) is 4.74 Å². The van der Waals surface area contributed by atoms with Crippen molar-refractivity contribution in [1.82, 2.24) is 4.90 Å². The Morgan fingerprint density at radius 2 is 1.60 bits per heavy atom. The monoisotopic (exact) mass is 428 g/mol. The molecule has 0 spiro atoms. The molecule has 1 unspecified atom stereocenters. The number of likely N-dealkylation sites (tertiary alicyclic amines) is 1. The van der Waals surface area contributed by atoms with Gasteiger partial charge in [-0.3, -0.25) is 14.4 Å².